The fourth-order valence-corrected chi connectivity index (χ4v) is 7.93. The number of benzene rings is 1. The molecule has 0 spiro atoms. The van der Waals surface area contributed by atoms with Crippen molar-refractivity contribution in [1.29, 1.82) is 0 Å². The largest absolute Gasteiger partial charge is 0.396 e. The lowest BCUT2D eigenvalue weighted by molar-refractivity contribution is -0.181. The van der Waals surface area contributed by atoms with Gasteiger partial charge in [0.2, 0.25) is 17.7 Å². The SMILES string of the molecule is CC(C)C[C@H]1CN(C(=O)/C=C/c2nc3ccccc3s2)[C@H]2CN(C3CCN(CCCCO)C3)C(=O)[C@H](CC(C)(C)C)N2C1=O. The summed E-state index contributed by atoms with van der Waals surface area (Å²) in [6.07, 6.45) is 6.64. The van der Waals surface area contributed by atoms with Gasteiger partial charge in [-0.2, -0.15) is 0 Å². The van der Waals surface area contributed by atoms with E-state index in [0.29, 0.717) is 25.9 Å². The van der Waals surface area contributed by atoms with Crippen molar-refractivity contribution < 1.29 is 19.5 Å². The zero-order valence-electron chi connectivity index (χ0n) is 26.9. The number of para-hydroxylation sites is 1. The molecule has 3 saturated heterocycles. The van der Waals surface area contributed by atoms with Crippen LogP contribution in [-0.2, 0) is 14.4 Å². The van der Waals surface area contributed by atoms with Gasteiger partial charge in [0, 0.05) is 38.4 Å². The molecule has 3 amide bonds. The van der Waals surface area contributed by atoms with E-state index < -0.39 is 12.2 Å². The minimum absolute atomic E-state index is 0.00204. The molecule has 0 radical (unpaired) electrons. The number of hydrogen-bond acceptors (Lipinski definition) is 7. The summed E-state index contributed by atoms with van der Waals surface area (Å²) in [6, 6.07) is 7.36. The van der Waals surface area contributed by atoms with Gasteiger partial charge in [0.05, 0.1) is 22.7 Å². The number of fused-ring (bicyclic) bond motifs is 2. The van der Waals surface area contributed by atoms with Crippen molar-refractivity contribution in [1.82, 2.24) is 24.6 Å². The van der Waals surface area contributed by atoms with Crippen molar-refractivity contribution in [2.24, 2.45) is 17.3 Å². The molecular weight excluding hydrogens is 574 g/mol. The van der Waals surface area contributed by atoms with Crippen LogP contribution in [0.4, 0.5) is 0 Å². The molecule has 10 heteroatoms. The topological polar surface area (TPSA) is 97.3 Å². The maximum absolute atomic E-state index is 14.3. The maximum Gasteiger partial charge on any atom is 0.248 e. The van der Waals surface area contributed by atoms with Gasteiger partial charge in [-0.25, -0.2) is 4.98 Å². The molecular formula is C34H49N5O4S. The van der Waals surface area contributed by atoms with Gasteiger partial charge >= 0.3 is 0 Å². The van der Waals surface area contributed by atoms with E-state index >= 15 is 0 Å². The van der Waals surface area contributed by atoms with Gasteiger partial charge in [-0.1, -0.05) is 46.8 Å². The number of nitrogens with zero attached hydrogens (tertiary/aromatic N) is 5. The minimum Gasteiger partial charge on any atom is -0.396 e. The molecule has 0 bridgehead atoms. The quantitative estimate of drug-likeness (QED) is 0.310. The van der Waals surface area contributed by atoms with Crippen LogP contribution in [0.25, 0.3) is 16.3 Å². The Balaban J connectivity index is 1.45. The molecule has 44 heavy (non-hydrogen) atoms. The Kier molecular flexibility index (Phi) is 10.1. The average molecular weight is 624 g/mol. The van der Waals surface area contributed by atoms with Crippen molar-refractivity contribution in [3.05, 3.63) is 35.3 Å². The third-order valence-corrected chi connectivity index (χ3v) is 10.1. The van der Waals surface area contributed by atoms with Crippen LogP contribution in [0.15, 0.2) is 30.3 Å². The highest BCUT2D eigenvalue weighted by atomic mass is 32.1. The van der Waals surface area contributed by atoms with Gasteiger partial charge in [0.1, 0.15) is 17.2 Å². The molecule has 2 aromatic rings. The smallest absolute Gasteiger partial charge is 0.248 e. The second-order valence-corrected chi connectivity index (χ2v) is 15.4. The standard InChI is InChI=1S/C34H49N5O4S/c1-23(2)18-24-20-38(31(41)13-12-29-35-26-10-6-7-11-28(26)44-29)30-22-37(25-14-16-36(21-25)15-8-9-17-40)33(43)27(19-34(3,4)5)39(30)32(24)42/h6-7,10-13,23-25,27,30,40H,8-9,14-22H2,1-5H3/b13-12+/t24-,25?,27-,30+/m0/s1. The molecule has 240 valence electrons. The number of carbonyl (C=O) groups is 3. The molecule has 5 rings (SSSR count). The normalized spacial score (nSPS) is 25.2. The minimum atomic E-state index is -0.608. The lowest BCUT2D eigenvalue weighted by Gasteiger charge is -2.55. The van der Waals surface area contributed by atoms with Crippen LogP contribution in [0.5, 0.6) is 0 Å². The molecule has 1 unspecified atom stereocenters. The summed E-state index contributed by atoms with van der Waals surface area (Å²) in [6.45, 7) is 14.0. The fraction of sp³-hybridized carbons (Fsp3) is 0.647. The summed E-state index contributed by atoms with van der Waals surface area (Å²) in [5.74, 6) is -0.205. The first-order valence-corrected chi connectivity index (χ1v) is 17.1. The Bertz CT molecular complexity index is 1330. The number of aliphatic hydroxyl groups excluding tert-OH is 1. The zero-order valence-corrected chi connectivity index (χ0v) is 27.8. The highest BCUT2D eigenvalue weighted by molar-refractivity contribution is 7.19. The van der Waals surface area contributed by atoms with Crippen LogP contribution in [0, 0.1) is 17.3 Å². The molecule has 4 atom stereocenters. The molecule has 3 fully saturated rings. The van der Waals surface area contributed by atoms with E-state index in [1.165, 1.54) is 0 Å². The van der Waals surface area contributed by atoms with E-state index in [0.717, 1.165) is 54.1 Å². The van der Waals surface area contributed by atoms with Crippen molar-refractivity contribution in [2.45, 2.75) is 85.0 Å². The molecule has 1 aromatic heterocycles. The second kappa shape index (κ2) is 13.7. The van der Waals surface area contributed by atoms with E-state index in [1.54, 1.807) is 28.4 Å². The number of aromatic nitrogens is 1. The summed E-state index contributed by atoms with van der Waals surface area (Å²) in [5, 5.41) is 9.98. The van der Waals surface area contributed by atoms with E-state index in [-0.39, 0.29) is 47.6 Å². The first kappa shape index (κ1) is 32.6. The molecule has 4 heterocycles. The van der Waals surface area contributed by atoms with Crippen LogP contribution < -0.4 is 0 Å². The zero-order chi connectivity index (χ0) is 31.6. The number of likely N-dealkylation sites (tertiary alicyclic amines) is 1. The Morgan fingerprint density at radius 2 is 1.89 bits per heavy atom. The second-order valence-electron chi connectivity index (χ2n) is 14.3. The molecule has 1 N–H and O–H groups in total. The lowest BCUT2D eigenvalue weighted by Crippen LogP contribution is -2.74. The first-order valence-electron chi connectivity index (χ1n) is 16.3. The van der Waals surface area contributed by atoms with Crippen molar-refractivity contribution >= 4 is 45.4 Å². The summed E-state index contributed by atoms with van der Waals surface area (Å²) in [5.41, 5.74) is 0.719. The Hall–Kier alpha value is -2.82. The van der Waals surface area contributed by atoms with Crippen LogP contribution in [0.1, 0.15) is 71.7 Å². The molecule has 0 saturated carbocycles. The van der Waals surface area contributed by atoms with Crippen molar-refractivity contribution in [3.63, 3.8) is 0 Å². The highest BCUT2D eigenvalue weighted by Crippen LogP contribution is 2.37. The summed E-state index contributed by atoms with van der Waals surface area (Å²) >= 11 is 1.54. The third kappa shape index (κ3) is 7.35. The molecule has 3 aliphatic heterocycles. The number of amides is 3. The Labute approximate surface area is 265 Å². The van der Waals surface area contributed by atoms with Crippen LogP contribution in [0.2, 0.25) is 0 Å². The molecule has 3 aliphatic rings. The van der Waals surface area contributed by atoms with E-state index in [2.05, 4.69) is 44.5 Å². The number of piperazine rings is 1. The number of rotatable bonds is 10. The van der Waals surface area contributed by atoms with Crippen LogP contribution in [-0.4, -0.2) is 105 Å². The fourth-order valence-electron chi connectivity index (χ4n) is 7.06. The Morgan fingerprint density at radius 1 is 1.11 bits per heavy atom. The average Bonchev–Trinajstić information content (AvgIpc) is 3.60. The van der Waals surface area contributed by atoms with Crippen LogP contribution in [0.3, 0.4) is 0 Å². The monoisotopic (exact) mass is 623 g/mol. The van der Waals surface area contributed by atoms with Crippen molar-refractivity contribution in [3.8, 4) is 0 Å². The van der Waals surface area contributed by atoms with Gasteiger partial charge in [0.25, 0.3) is 0 Å². The van der Waals surface area contributed by atoms with Gasteiger partial charge in [-0.15, -0.1) is 11.3 Å². The molecule has 1 aromatic carbocycles. The number of unbranched alkanes of at least 4 members (excludes halogenated alkanes) is 1. The number of carbonyl (C=O) groups excluding carboxylic acids is 3. The summed E-state index contributed by atoms with van der Waals surface area (Å²) < 4.78 is 1.07. The van der Waals surface area contributed by atoms with E-state index in [4.69, 9.17) is 0 Å². The van der Waals surface area contributed by atoms with E-state index in [1.807, 2.05) is 34.1 Å². The number of aliphatic hydroxyl groups is 1. The molecule has 0 aliphatic carbocycles. The molecule has 9 nitrogen and oxygen atoms in total. The lowest BCUT2D eigenvalue weighted by atomic mass is 9.83. The first-order chi connectivity index (χ1) is 20.9. The summed E-state index contributed by atoms with van der Waals surface area (Å²) in [4.78, 5) is 55.2. The predicted octanol–water partition coefficient (Wildman–Crippen LogP) is 4.46. The predicted molar refractivity (Wildman–Crippen MR) is 175 cm³/mol. The highest BCUT2D eigenvalue weighted by Gasteiger charge is 2.53. The van der Waals surface area contributed by atoms with Gasteiger partial charge in [-0.05, 0) is 68.2 Å². The number of hydrogen-bond donors (Lipinski definition) is 1. The van der Waals surface area contributed by atoms with E-state index in [9.17, 15) is 19.5 Å². The number of thiazole rings is 1. The maximum atomic E-state index is 14.3. The van der Waals surface area contributed by atoms with Gasteiger partial charge in [0.15, 0.2) is 0 Å². The third-order valence-electron chi connectivity index (χ3n) is 9.06. The van der Waals surface area contributed by atoms with Crippen molar-refractivity contribution in [2.75, 3.05) is 39.3 Å². The van der Waals surface area contributed by atoms with Gasteiger partial charge in [-0.3, -0.25) is 14.4 Å². The summed E-state index contributed by atoms with van der Waals surface area (Å²) in [7, 11) is 0. The Morgan fingerprint density at radius 3 is 2.59 bits per heavy atom. The van der Waals surface area contributed by atoms with Crippen LogP contribution >= 0.6 is 11.3 Å². The van der Waals surface area contributed by atoms with Gasteiger partial charge < -0.3 is 24.7 Å².